The molecule has 5 rings (SSSR count). The fraction of sp³-hybridized carbons (Fsp3) is 0.0800. The van der Waals surface area contributed by atoms with Gasteiger partial charge < -0.3 is 15.0 Å². The van der Waals surface area contributed by atoms with E-state index in [0.717, 1.165) is 17.1 Å². The molecule has 1 aliphatic heterocycles. The number of imidazole rings is 1. The van der Waals surface area contributed by atoms with Crippen LogP contribution in [0.4, 0.5) is 15.8 Å². The van der Waals surface area contributed by atoms with Gasteiger partial charge in [0.25, 0.3) is 0 Å². The van der Waals surface area contributed by atoms with E-state index in [-0.39, 0.29) is 23.6 Å². The number of rotatable bonds is 3. The largest absolute Gasteiger partial charge is 0.507 e. The number of nitrogens with one attached hydrogen (secondary N) is 1. The maximum atomic E-state index is 14.3. The highest BCUT2D eigenvalue weighted by atomic mass is 19.1. The molecule has 0 aliphatic carbocycles. The lowest BCUT2D eigenvalue weighted by Gasteiger charge is -2.11. The molecular weight excluding hydrogens is 407 g/mol. The molecular formula is C25H19FN4O2. The van der Waals surface area contributed by atoms with Gasteiger partial charge in [-0.05, 0) is 36.8 Å². The van der Waals surface area contributed by atoms with Crippen LogP contribution in [0.1, 0.15) is 17.8 Å². The lowest BCUT2D eigenvalue weighted by Crippen LogP contribution is -2.15. The number of anilines is 1. The van der Waals surface area contributed by atoms with E-state index in [4.69, 9.17) is 0 Å². The Hall–Kier alpha value is -4.26. The van der Waals surface area contributed by atoms with Gasteiger partial charge in [-0.2, -0.15) is 0 Å². The van der Waals surface area contributed by atoms with Crippen molar-refractivity contribution in [2.45, 2.75) is 13.3 Å². The lowest BCUT2D eigenvalue weighted by atomic mass is 10.0. The number of carbonyl (C=O) groups excluding carboxylic acids is 1. The van der Waals surface area contributed by atoms with Crippen LogP contribution in [-0.4, -0.2) is 26.3 Å². The Bertz CT molecular complexity index is 1390. The molecule has 1 amide bonds. The van der Waals surface area contributed by atoms with Crippen molar-refractivity contribution >= 4 is 23.0 Å². The predicted molar refractivity (Wildman–Crippen MR) is 121 cm³/mol. The second kappa shape index (κ2) is 7.77. The van der Waals surface area contributed by atoms with E-state index in [1.165, 1.54) is 12.1 Å². The highest BCUT2D eigenvalue weighted by molar-refractivity contribution is 6.17. The van der Waals surface area contributed by atoms with Crippen molar-refractivity contribution in [2.24, 2.45) is 4.99 Å². The molecule has 0 saturated heterocycles. The number of nitrogens with zero attached hydrogens (tertiary/aromatic N) is 3. The zero-order valence-electron chi connectivity index (χ0n) is 17.2. The zero-order chi connectivity index (χ0) is 22.2. The van der Waals surface area contributed by atoms with Crippen molar-refractivity contribution in [2.75, 3.05) is 5.32 Å². The van der Waals surface area contributed by atoms with Crippen LogP contribution in [-0.2, 0) is 4.79 Å². The van der Waals surface area contributed by atoms with Crippen LogP contribution in [0, 0.1) is 12.7 Å². The second-order valence-corrected chi connectivity index (χ2v) is 7.54. The quantitative estimate of drug-likeness (QED) is 0.445. The van der Waals surface area contributed by atoms with E-state index < -0.39 is 5.82 Å². The van der Waals surface area contributed by atoms with Crippen molar-refractivity contribution in [1.29, 1.82) is 0 Å². The van der Waals surface area contributed by atoms with Gasteiger partial charge in [0, 0.05) is 35.3 Å². The molecule has 2 heterocycles. The number of aliphatic imine (C=N–C) groups is 1. The van der Waals surface area contributed by atoms with Gasteiger partial charge in [-0.1, -0.05) is 30.3 Å². The van der Waals surface area contributed by atoms with Crippen molar-refractivity contribution in [1.82, 2.24) is 9.55 Å². The molecule has 1 aliphatic rings. The van der Waals surface area contributed by atoms with Gasteiger partial charge >= 0.3 is 0 Å². The van der Waals surface area contributed by atoms with E-state index >= 15 is 0 Å². The number of benzene rings is 3. The van der Waals surface area contributed by atoms with Crippen molar-refractivity contribution in [3.05, 3.63) is 90.3 Å². The van der Waals surface area contributed by atoms with Gasteiger partial charge in [0.2, 0.25) is 5.91 Å². The van der Waals surface area contributed by atoms with Crippen LogP contribution in [0.15, 0.2) is 78.0 Å². The minimum atomic E-state index is -0.460. The van der Waals surface area contributed by atoms with Crippen LogP contribution >= 0.6 is 0 Å². The molecule has 158 valence electrons. The first-order valence-electron chi connectivity index (χ1n) is 10.1. The molecule has 0 saturated carbocycles. The lowest BCUT2D eigenvalue weighted by molar-refractivity contribution is -0.115. The van der Waals surface area contributed by atoms with Gasteiger partial charge in [0.1, 0.15) is 17.4 Å². The van der Waals surface area contributed by atoms with Gasteiger partial charge in [0.05, 0.1) is 23.5 Å². The molecule has 0 unspecified atom stereocenters. The molecule has 0 bridgehead atoms. The summed E-state index contributed by atoms with van der Waals surface area (Å²) in [7, 11) is 0. The summed E-state index contributed by atoms with van der Waals surface area (Å²) in [5.74, 6) is 0.0323. The second-order valence-electron chi connectivity index (χ2n) is 7.54. The normalized spacial score (nSPS) is 13.2. The monoisotopic (exact) mass is 426 g/mol. The summed E-state index contributed by atoms with van der Waals surface area (Å²) in [6.07, 6.45) is 3.66. The molecule has 0 atom stereocenters. The average molecular weight is 426 g/mol. The zero-order valence-corrected chi connectivity index (χ0v) is 17.2. The number of halogens is 1. The number of amides is 1. The predicted octanol–water partition coefficient (Wildman–Crippen LogP) is 5.16. The summed E-state index contributed by atoms with van der Waals surface area (Å²) in [6, 6.07) is 16.9. The number of hydrogen-bond acceptors (Lipinski definition) is 4. The molecule has 4 aromatic rings. The van der Waals surface area contributed by atoms with E-state index in [2.05, 4.69) is 15.3 Å². The van der Waals surface area contributed by atoms with Gasteiger partial charge in [-0.3, -0.25) is 4.79 Å². The SMILES string of the molecule is Cc1nccn1-c1cccc(C2=Nc3cc(O)c(-c4ccccc4F)cc3NC(=O)C2)c1. The standard InChI is InChI=1S/C25H19FN4O2/c1-15-27-9-10-30(15)17-6-4-5-16(11-17)21-14-25(32)29-22-12-19(24(31)13-23(22)28-21)18-7-2-3-8-20(18)26/h2-13,31H,14H2,1H3,(H,29,32). The Kier molecular flexibility index (Phi) is 4.78. The number of aryl methyl sites for hydroxylation is 1. The topological polar surface area (TPSA) is 79.5 Å². The Balaban J connectivity index is 1.60. The van der Waals surface area contributed by atoms with Gasteiger partial charge in [-0.25, -0.2) is 14.4 Å². The number of aromatic nitrogens is 2. The molecule has 7 heteroatoms. The fourth-order valence-corrected chi connectivity index (χ4v) is 3.85. The third kappa shape index (κ3) is 3.54. The Morgan fingerprint density at radius 2 is 1.91 bits per heavy atom. The molecule has 0 spiro atoms. The summed E-state index contributed by atoms with van der Waals surface area (Å²) in [6.45, 7) is 1.91. The number of carbonyl (C=O) groups is 1. The van der Waals surface area contributed by atoms with Crippen molar-refractivity contribution < 1.29 is 14.3 Å². The van der Waals surface area contributed by atoms with E-state index in [1.54, 1.807) is 30.5 Å². The summed E-state index contributed by atoms with van der Waals surface area (Å²) in [4.78, 5) is 21.6. The number of hydrogen-bond donors (Lipinski definition) is 2. The van der Waals surface area contributed by atoms with Gasteiger partial charge in [0.15, 0.2) is 0 Å². The smallest absolute Gasteiger partial charge is 0.230 e. The third-order valence-corrected chi connectivity index (χ3v) is 5.42. The number of fused-ring (bicyclic) bond motifs is 1. The maximum absolute atomic E-state index is 14.3. The minimum absolute atomic E-state index is 0.0663. The first-order chi connectivity index (χ1) is 15.5. The summed E-state index contributed by atoms with van der Waals surface area (Å²) < 4.78 is 16.2. The number of aromatic hydroxyl groups is 1. The number of phenols is 1. The Morgan fingerprint density at radius 3 is 2.69 bits per heavy atom. The van der Waals surface area contributed by atoms with Crippen LogP contribution < -0.4 is 5.32 Å². The molecule has 2 N–H and O–H groups in total. The first kappa shape index (κ1) is 19.7. The van der Waals surface area contributed by atoms with E-state index in [0.29, 0.717) is 22.6 Å². The molecule has 1 aromatic heterocycles. The van der Waals surface area contributed by atoms with Crippen molar-refractivity contribution in [3.8, 4) is 22.6 Å². The number of phenolic OH excluding ortho intramolecular Hbond substituents is 1. The molecule has 6 nitrogen and oxygen atoms in total. The molecule has 32 heavy (non-hydrogen) atoms. The van der Waals surface area contributed by atoms with Crippen LogP contribution in [0.5, 0.6) is 5.75 Å². The highest BCUT2D eigenvalue weighted by Crippen LogP contribution is 2.40. The van der Waals surface area contributed by atoms with Crippen molar-refractivity contribution in [3.63, 3.8) is 0 Å². The summed E-state index contributed by atoms with van der Waals surface area (Å²) in [5, 5.41) is 13.4. The van der Waals surface area contributed by atoms with Gasteiger partial charge in [-0.15, -0.1) is 0 Å². The maximum Gasteiger partial charge on any atom is 0.230 e. The van der Waals surface area contributed by atoms with Crippen LogP contribution in [0.2, 0.25) is 0 Å². The molecule has 0 fully saturated rings. The molecule has 0 radical (unpaired) electrons. The summed E-state index contributed by atoms with van der Waals surface area (Å²) >= 11 is 0. The van der Waals surface area contributed by atoms with E-state index in [9.17, 15) is 14.3 Å². The molecule has 3 aromatic carbocycles. The summed E-state index contributed by atoms with van der Waals surface area (Å²) in [5.41, 5.74) is 3.63. The fourth-order valence-electron chi connectivity index (χ4n) is 3.85. The minimum Gasteiger partial charge on any atom is -0.507 e. The van der Waals surface area contributed by atoms with Crippen LogP contribution in [0.25, 0.3) is 16.8 Å². The van der Waals surface area contributed by atoms with Crippen LogP contribution in [0.3, 0.4) is 0 Å². The Labute approximate surface area is 183 Å². The van der Waals surface area contributed by atoms with E-state index in [1.807, 2.05) is 42.0 Å². The third-order valence-electron chi connectivity index (χ3n) is 5.42. The Morgan fingerprint density at radius 1 is 1.06 bits per heavy atom. The first-order valence-corrected chi connectivity index (χ1v) is 10.1. The highest BCUT2D eigenvalue weighted by Gasteiger charge is 2.21. The average Bonchev–Trinajstić information content (AvgIpc) is 3.14.